The molecule has 0 aromatic carbocycles. The average molecular weight is 891 g/mol. The molecule has 1 atom stereocenters. The van der Waals surface area contributed by atoms with Gasteiger partial charge in [0.25, 0.3) is 0 Å². The third kappa shape index (κ3) is 49.6. The second-order valence-corrected chi connectivity index (χ2v) is 17.5. The quantitative estimate of drug-likeness (QED) is 0.0199. The van der Waals surface area contributed by atoms with Crippen LogP contribution < -0.4 is 0 Å². The number of allylic oxidation sites excluding steroid dienone is 14. The fourth-order valence-electron chi connectivity index (χ4n) is 7.05. The molecule has 0 saturated heterocycles. The Balaban J connectivity index is 4.43. The molecular weight excluding hydrogens is 793 g/mol. The van der Waals surface area contributed by atoms with Crippen LogP contribution in [0, 0.1) is 0 Å². The maximum Gasteiger partial charge on any atom is 0.306 e. The highest BCUT2D eigenvalue weighted by atomic mass is 16.6. The molecule has 1 unspecified atom stereocenters. The second-order valence-electron chi connectivity index (χ2n) is 17.5. The lowest BCUT2D eigenvalue weighted by atomic mass is 10.1. The first kappa shape index (κ1) is 60.6. The molecule has 6 nitrogen and oxygen atoms in total. The van der Waals surface area contributed by atoms with Gasteiger partial charge in [0.2, 0.25) is 0 Å². The summed E-state index contributed by atoms with van der Waals surface area (Å²) in [6.45, 7) is 6.48. The Morgan fingerprint density at radius 3 is 1.08 bits per heavy atom. The van der Waals surface area contributed by atoms with Crippen molar-refractivity contribution >= 4 is 17.9 Å². The molecule has 64 heavy (non-hydrogen) atoms. The standard InChI is InChI=1S/C58H98O6/c1-4-7-10-13-16-19-22-24-26-28-29-31-32-34-36-39-42-45-48-51-57(60)63-54-55(53-62-56(59)50-47-44-41-38-21-18-15-12-9-6-3)64-58(61)52-49-46-43-40-37-35-33-30-27-25-23-20-17-14-11-8-5-2/h15-20,22,24-25,27,33,35,40,43,55H,4-14,21,23,26,28-32,34,36-39,41-42,44-54H2,1-3H3/b18-15-,19-16-,20-17-,24-22-,27-25-,35-33-,43-40-. The number of hydrogen-bond donors (Lipinski definition) is 0. The van der Waals surface area contributed by atoms with E-state index in [9.17, 15) is 14.4 Å². The Morgan fingerprint density at radius 1 is 0.328 bits per heavy atom. The fourth-order valence-corrected chi connectivity index (χ4v) is 7.05. The summed E-state index contributed by atoms with van der Waals surface area (Å²) >= 11 is 0. The topological polar surface area (TPSA) is 78.9 Å². The first-order valence-corrected chi connectivity index (χ1v) is 26.6. The van der Waals surface area contributed by atoms with Crippen molar-refractivity contribution < 1.29 is 28.6 Å². The Kier molecular flexibility index (Phi) is 49.4. The van der Waals surface area contributed by atoms with Crippen LogP contribution in [0.5, 0.6) is 0 Å². The van der Waals surface area contributed by atoms with Gasteiger partial charge in [-0.25, -0.2) is 0 Å². The van der Waals surface area contributed by atoms with E-state index >= 15 is 0 Å². The summed E-state index contributed by atoms with van der Waals surface area (Å²) in [5.41, 5.74) is 0. The average Bonchev–Trinajstić information content (AvgIpc) is 3.29. The Labute approximate surface area is 395 Å². The molecule has 0 saturated carbocycles. The van der Waals surface area contributed by atoms with E-state index < -0.39 is 6.10 Å². The first-order valence-electron chi connectivity index (χ1n) is 26.6. The van der Waals surface area contributed by atoms with E-state index in [2.05, 4.69) is 106 Å². The molecule has 0 aromatic rings. The highest BCUT2D eigenvalue weighted by molar-refractivity contribution is 5.71. The molecule has 0 radical (unpaired) electrons. The largest absolute Gasteiger partial charge is 0.462 e. The van der Waals surface area contributed by atoms with Crippen LogP contribution in [0.15, 0.2) is 85.1 Å². The second kappa shape index (κ2) is 52.2. The van der Waals surface area contributed by atoms with E-state index in [0.29, 0.717) is 19.3 Å². The van der Waals surface area contributed by atoms with Crippen molar-refractivity contribution in [3.8, 4) is 0 Å². The monoisotopic (exact) mass is 891 g/mol. The molecular formula is C58H98O6. The summed E-state index contributed by atoms with van der Waals surface area (Å²) in [5, 5.41) is 0. The van der Waals surface area contributed by atoms with Gasteiger partial charge in [-0.15, -0.1) is 0 Å². The number of unbranched alkanes of at least 4 members (excludes halogenated alkanes) is 23. The van der Waals surface area contributed by atoms with E-state index in [-0.39, 0.29) is 37.5 Å². The van der Waals surface area contributed by atoms with Crippen LogP contribution in [0.1, 0.15) is 245 Å². The zero-order valence-corrected chi connectivity index (χ0v) is 41.8. The van der Waals surface area contributed by atoms with Gasteiger partial charge in [-0.2, -0.15) is 0 Å². The van der Waals surface area contributed by atoms with Crippen molar-refractivity contribution in [3.05, 3.63) is 85.1 Å². The maximum absolute atomic E-state index is 12.8. The van der Waals surface area contributed by atoms with Gasteiger partial charge in [-0.1, -0.05) is 209 Å². The zero-order valence-electron chi connectivity index (χ0n) is 41.8. The molecule has 0 amide bonds. The smallest absolute Gasteiger partial charge is 0.306 e. The van der Waals surface area contributed by atoms with E-state index in [4.69, 9.17) is 14.2 Å². The lowest BCUT2D eigenvalue weighted by molar-refractivity contribution is -0.167. The molecule has 0 aliphatic rings. The maximum atomic E-state index is 12.8. The predicted molar refractivity (Wildman–Crippen MR) is 274 cm³/mol. The van der Waals surface area contributed by atoms with Crippen LogP contribution in [0.25, 0.3) is 0 Å². The molecule has 0 rings (SSSR count). The Hall–Kier alpha value is -3.41. The lowest BCUT2D eigenvalue weighted by Crippen LogP contribution is -2.30. The van der Waals surface area contributed by atoms with Gasteiger partial charge in [0, 0.05) is 19.3 Å². The number of ether oxygens (including phenoxy) is 3. The van der Waals surface area contributed by atoms with E-state index in [1.54, 1.807) is 0 Å². The number of hydrogen-bond acceptors (Lipinski definition) is 6. The fraction of sp³-hybridized carbons (Fsp3) is 0.707. The summed E-state index contributed by atoms with van der Waals surface area (Å²) in [7, 11) is 0. The highest BCUT2D eigenvalue weighted by Crippen LogP contribution is 2.14. The van der Waals surface area contributed by atoms with E-state index in [1.165, 1.54) is 116 Å². The number of carbonyl (C=O) groups excluding carboxylic acids is 3. The van der Waals surface area contributed by atoms with Crippen molar-refractivity contribution in [2.45, 2.75) is 252 Å². The summed E-state index contributed by atoms with van der Waals surface area (Å²) in [4.78, 5) is 37.9. The van der Waals surface area contributed by atoms with Gasteiger partial charge in [0.1, 0.15) is 13.2 Å². The van der Waals surface area contributed by atoms with Crippen LogP contribution in [-0.2, 0) is 28.6 Å². The molecule has 0 fully saturated rings. The highest BCUT2D eigenvalue weighted by Gasteiger charge is 2.19. The Morgan fingerprint density at radius 2 is 0.641 bits per heavy atom. The Bertz CT molecular complexity index is 1250. The molecule has 0 aliphatic carbocycles. The van der Waals surface area contributed by atoms with Gasteiger partial charge < -0.3 is 14.2 Å². The van der Waals surface area contributed by atoms with Crippen molar-refractivity contribution in [1.29, 1.82) is 0 Å². The van der Waals surface area contributed by atoms with Gasteiger partial charge in [-0.05, 0) is 103 Å². The molecule has 366 valence electrons. The summed E-state index contributed by atoms with van der Waals surface area (Å²) in [5.74, 6) is -0.979. The van der Waals surface area contributed by atoms with Crippen molar-refractivity contribution in [1.82, 2.24) is 0 Å². The van der Waals surface area contributed by atoms with Crippen LogP contribution in [0.3, 0.4) is 0 Å². The normalized spacial score (nSPS) is 12.7. The molecule has 0 bridgehead atoms. The van der Waals surface area contributed by atoms with Crippen LogP contribution in [0.2, 0.25) is 0 Å². The SMILES string of the molecule is CCCC/C=C\CCCCCCC(=O)OCC(COC(=O)CCCCCCCCCCCC/C=C\C=C/CCCCC)OC(=O)CCC/C=C\C/C=C\C/C=C\C/C=C\CCCCC. The molecule has 0 aromatic heterocycles. The minimum absolute atomic E-state index is 0.104. The van der Waals surface area contributed by atoms with Gasteiger partial charge in [0.15, 0.2) is 6.10 Å². The van der Waals surface area contributed by atoms with Crippen molar-refractivity contribution in [2.75, 3.05) is 13.2 Å². The van der Waals surface area contributed by atoms with Gasteiger partial charge >= 0.3 is 17.9 Å². The zero-order chi connectivity index (χ0) is 46.5. The molecule has 0 spiro atoms. The van der Waals surface area contributed by atoms with Crippen LogP contribution in [-0.4, -0.2) is 37.2 Å². The molecule has 0 heterocycles. The first-order chi connectivity index (χ1) is 31.5. The van der Waals surface area contributed by atoms with Gasteiger partial charge in [-0.3, -0.25) is 14.4 Å². The third-order valence-electron chi connectivity index (χ3n) is 11.1. The minimum atomic E-state index is -0.810. The summed E-state index contributed by atoms with van der Waals surface area (Å²) in [6, 6.07) is 0. The molecule has 0 N–H and O–H groups in total. The third-order valence-corrected chi connectivity index (χ3v) is 11.1. The van der Waals surface area contributed by atoms with E-state index in [0.717, 1.165) is 83.5 Å². The van der Waals surface area contributed by atoms with Crippen LogP contribution in [0.4, 0.5) is 0 Å². The summed E-state index contributed by atoms with van der Waals surface area (Å²) < 4.78 is 16.7. The molecule has 6 heteroatoms. The number of rotatable bonds is 47. The number of carbonyl (C=O) groups is 3. The van der Waals surface area contributed by atoms with Crippen molar-refractivity contribution in [3.63, 3.8) is 0 Å². The van der Waals surface area contributed by atoms with Crippen molar-refractivity contribution in [2.24, 2.45) is 0 Å². The summed E-state index contributed by atoms with van der Waals surface area (Å²) in [6.07, 6.45) is 67.2. The van der Waals surface area contributed by atoms with Gasteiger partial charge in [0.05, 0.1) is 0 Å². The number of esters is 3. The predicted octanol–water partition coefficient (Wildman–Crippen LogP) is 17.6. The lowest BCUT2D eigenvalue weighted by Gasteiger charge is -2.18. The van der Waals surface area contributed by atoms with E-state index in [1.807, 2.05) is 0 Å². The molecule has 0 aliphatic heterocycles. The van der Waals surface area contributed by atoms with Crippen LogP contribution >= 0.6 is 0 Å². The minimum Gasteiger partial charge on any atom is -0.462 e.